The second-order valence-electron chi connectivity index (χ2n) is 27.9. The third-order valence-corrected chi connectivity index (χ3v) is 20.0. The van der Waals surface area contributed by atoms with Crippen molar-refractivity contribution in [1.29, 1.82) is 0 Å². The Kier molecular flexibility index (Phi) is 21.3. The molecule has 12 aromatic heterocycles. The summed E-state index contributed by atoms with van der Waals surface area (Å²) in [7, 11) is 1.71. The predicted octanol–water partition coefficient (Wildman–Crippen LogP) is 16.1. The molecule has 0 aliphatic rings. The van der Waals surface area contributed by atoms with Crippen LogP contribution < -0.4 is 49.7 Å². The quantitative estimate of drug-likeness (QED) is 0.0636. The molecule has 6 aromatic carbocycles. The summed E-state index contributed by atoms with van der Waals surface area (Å²) < 4.78 is 6.79. The smallest absolute Gasteiger partial charge is 0.263 e. The summed E-state index contributed by atoms with van der Waals surface area (Å²) in [5.41, 5.74) is 26.2. The van der Waals surface area contributed by atoms with Crippen LogP contribution >= 0.6 is 0 Å². The number of benzene rings is 6. The third-order valence-electron chi connectivity index (χ3n) is 20.0. The van der Waals surface area contributed by atoms with Crippen molar-refractivity contribution in [3.63, 3.8) is 0 Å². The number of para-hydroxylation sites is 1. The first kappa shape index (κ1) is 76.0. The second kappa shape index (κ2) is 32.5. The number of aryl methyl sites for hydroxylation is 4. The van der Waals surface area contributed by atoms with Crippen LogP contribution in [0.25, 0.3) is 116 Å². The van der Waals surface area contributed by atoms with Crippen molar-refractivity contribution >= 4 is 94.6 Å². The van der Waals surface area contributed by atoms with Gasteiger partial charge in [-0.15, -0.1) is 0 Å². The number of nitrogen functional groups attached to an aromatic ring is 2. The zero-order valence-electron chi connectivity index (χ0n) is 63.6. The summed E-state index contributed by atoms with van der Waals surface area (Å²) in [5.74, 6) is 2.61. The van der Waals surface area contributed by atoms with Crippen molar-refractivity contribution in [3.8, 4) is 50.4 Å². The van der Waals surface area contributed by atoms with Crippen LogP contribution in [0.4, 0.5) is 29.4 Å². The topological polar surface area (TPSA) is 331 Å². The van der Waals surface area contributed by atoms with Gasteiger partial charge in [0.1, 0.15) is 22.4 Å². The van der Waals surface area contributed by atoms with Gasteiger partial charge in [0.25, 0.3) is 16.7 Å². The first-order valence-electron chi connectivity index (χ1n) is 37.1. The van der Waals surface area contributed by atoms with E-state index in [4.69, 9.17) is 11.5 Å². The fourth-order valence-corrected chi connectivity index (χ4v) is 14.6. The molecule has 0 spiro atoms. The highest BCUT2D eigenvalue weighted by molar-refractivity contribution is 5.99. The van der Waals surface area contributed by atoms with Gasteiger partial charge in [-0.3, -0.25) is 47.8 Å². The summed E-state index contributed by atoms with van der Waals surface area (Å²) >= 11 is 0. The van der Waals surface area contributed by atoms with Crippen LogP contribution in [0.1, 0.15) is 80.4 Å². The molecule has 0 saturated heterocycles. The van der Waals surface area contributed by atoms with E-state index < -0.39 is 0 Å². The average molecular weight is 1530 g/mol. The molecule has 0 fully saturated rings. The van der Waals surface area contributed by atoms with Gasteiger partial charge in [0, 0.05) is 107 Å². The Bertz CT molecular complexity index is 7040. The number of nitrogens with two attached hydrogens (primary N) is 2. The van der Waals surface area contributed by atoms with Crippen LogP contribution in [0.5, 0.6) is 0 Å². The molecule has 25 heteroatoms. The fraction of sp³-hybridized carbons (Fsp3) is 0.121. The second-order valence-corrected chi connectivity index (χ2v) is 27.9. The zero-order chi connectivity index (χ0) is 79.5. The summed E-state index contributed by atoms with van der Waals surface area (Å²) in [6.07, 6.45) is 15.4. The van der Waals surface area contributed by atoms with E-state index in [9.17, 15) is 19.2 Å². The van der Waals surface area contributed by atoms with Gasteiger partial charge < -0.3 is 32.0 Å². The number of nitrogens with one attached hydrogen (secondary N) is 3. The molecular formula is C91H79N21O4. The largest absolute Gasteiger partial charge is 0.368 e. The maximum absolute atomic E-state index is 14.4. The monoisotopic (exact) mass is 1530 g/mol. The molecule has 0 saturated carbocycles. The first-order valence-corrected chi connectivity index (χ1v) is 37.1. The van der Waals surface area contributed by atoms with Gasteiger partial charge >= 0.3 is 0 Å². The lowest BCUT2D eigenvalue weighted by Gasteiger charge is -2.22. The number of fused-ring (bicyclic) bond motifs is 6. The highest BCUT2D eigenvalue weighted by Crippen LogP contribution is 2.36. The zero-order valence-corrected chi connectivity index (χ0v) is 63.6. The molecule has 25 nitrogen and oxygen atoms in total. The van der Waals surface area contributed by atoms with E-state index in [1.54, 1.807) is 94.7 Å². The average Bonchev–Trinajstić information content (AvgIpc) is 0.757. The fourth-order valence-electron chi connectivity index (χ4n) is 14.6. The van der Waals surface area contributed by atoms with E-state index >= 15 is 0 Å². The molecule has 572 valence electrons. The van der Waals surface area contributed by atoms with Crippen LogP contribution in [0.2, 0.25) is 0 Å². The minimum Gasteiger partial charge on any atom is -0.368 e. The Morgan fingerprint density at radius 1 is 0.362 bits per heavy atom. The van der Waals surface area contributed by atoms with Crippen LogP contribution in [0.15, 0.2) is 287 Å². The van der Waals surface area contributed by atoms with Crippen molar-refractivity contribution in [2.75, 3.05) is 27.4 Å². The predicted molar refractivity (Wildman–Crippen MR) is 461 cm³/mol. The van der Waals surface area contributed by atoms with Gasteiger partial charge in [-0.2, -0.15) is 20.2 Å². The number of pyridine rings is 8. The Labute approximate surface area is 664 Å². The molecule has 3 atom stereocenters. The first-order chi connectivity index (χ1) is 55.9. The molecule has 18 aromatic rings. The number of hydrogen-bond acceptors (Lipinski definition) is 21. The lowest BCUT2D eigenvalue weighted by molar-refractivity contribution is 0.774. The van der Waals surface area contributed by atoms with E-state index in [1.165, 1.54) is 10.6 Å². The molecule has 0 unspecified atom stereocenters. The molecule has 0 radical (unpaired) electrons. The van der Waals surface area contributed by atoms with E-state index in [0.717, 1.165) is 106 Å². The van der Waals surface area contributed by atoms with Gasteiger partial charge in [-0.25, -0.2) is 24.9 Å². The molecule has 0 amide bonds. The highest BCUT2D eigenvalue weighted by Gasteiger charge is 2.25. The van der Waals surface area contributed by atoms with E-state index in [0.29, 0.717) is 61.5 Å². The van der Waals surface area contributed by atoms with E-state index in [1.807, 2.05) is 230 Å². The standard InChI is InChI=1S/C31H25N5O2.C30H26N8O.C29H24N8O.CH4/c1-20(34-30-29-21(15-17-33-30)9-7-16-32-29)26-18-22-8-6-12-25(23-13-14-27(37)35(2)19-23)28(22)31(38)36(26)24-10-4-3-5-11-24;1-17-7-4-9-22(13-17)38-25(18(2)35-28-27-24(11-6-12-32-27)36-30(31)37-28)14-20-8-5-10-23(26(20)29(38)39)21-15-33-19(3)34-16-21;1-17-6-3-8-21(14-17)37-24(18(2)34-27-26-23(10-5-12-31-26)35-29(30)36-27)15-19-7-4-9-22(25(19)28(37)38)20-11-13-32-33-16-20;/h3-20H,1-2H3,(H,33,34);4-16,18H,1-3H3,(H3,31,35,36,37);3-16,18H,1-2H3,(H3,30,34,35,36);1H4/t20-;2*18-;/m000./s1. The third kappa shape index (κ3) is 15.2. The Morgan fingerprint density at radius 3 is 1.30 bits per heavy atom. The molecule has 116 heavy (non-hydrogen) atoms. The summed E-state index contributed by atoms with van der Waals surface area (Å²) in [6.45, 7) is 11.8. The summed E-state index contributed by atoms with van der Waals surface area (Å²) in [6, 6.07) is 66.3. The maximum atomic E-state index is 14.4. The van der Waals surface area contributed by atoms with Crippen molar-refractivity contribution in [2.24, 2.45) is 7.05 Å². The van der Waals surface area contributed by atoms with Gasteiger partial charge in [0.15, 0.2) is 17.5 Å². The number of nitrogens with zero attached hydrogens (tertiary/aromatic N) is 16. The van der Waals surface area contributed by atoms with Crippen molar-refractivity contribution in [1.82, 2.24) is 78.3 Å². The van der Waals surface area contributed by atoms with Crippen LogP contribution in [0, 0.1) is 20.8 Å². The molecule has 18 rings (SSSR count). The Hall–Kier alpha value is -15.4. The molecular weight excluding hydrogens is 1450 g/mol. The number of hydrogen-bond donors (Lipinski definition) is 5. The van der Waals surface area contributed by atoms with Crippen molar-refractivity contribution < 1.29 is 0 Å². The number of rotatable bonds is 15. The lowest BCUT2D eigenvalue weighted by Crippen LogP contribution is -2.26. The molecule has 12 heterocycles. The molecule has 0 aliphatic carbocycles. The normalized spacial score (nSPS) is 12.0. The molecule has 0 bridgehead atoms. The van der Waals surface area contributed by atoms with Gasteiger partial charge in [0.2, 0.25) is 17.5 Å². The Balaban J connectivity index is 0.000000136. The molecule has 7 N–H and O–H groups in total. The Morgan fingerprint density at radius 2 is 0.810 bits per heavy atom. The lowest BCUT2D eigenvalue weighted by atomic mass is 9.98. The summed E-state index contributed by atoms with van der Waals surface area (Å²) in [5, 5.41) is 23.5. The van der Waals surface area contributed by atoms with Crippen molar-refractivity contribution in [2.45, 2.75) is 67.1 Å². The summed E-state index contributed by atoms with van der Waals surface area (Å²) in [4.78, 5) is 99.1. The highest BCUT2D eigenvalue weighted by atomic mass is 16.1. The van der Waals surface area contributed by atoms with Gasteiger partial charge in [-0.1, -0.05) is 111 Å². The maximum Gasteiger partial charge on any atom is 0.263 e. The van der Waals surface area contributed by atoms with Crippen LogP contribution in [-0.4, -0.2) is 78.3 Å². The van der Waals surface area contributed by atoms with Crippen LogP contribution in [0.3, 0.4) is 0 Å². The van der Waals surface area contributed by atoms with Crippen molar-refractivity contribution in [3.05, 3.63) is 344 Å². The van der Waals surface area contributed by atoms with E-state index in [2.05, 4.69) is 76.0 Å². The van der Waals surface area contributed by atoms with E-state index in [-0.39, 0.29) is 59.7 Å². The number of aromatic nitrogens is 16. The molecule has 0 aliphatic heterocycles. The van der Waals surface area contributed by atoms with Gasteiger partial charge in [-0.05, 0) is 194 Å². The van der Waals surface area contributed by atoms with Gasteiger partial charge in [0.05, 0.1) is 57.7 Å². The van der Waals surface area contributed by atoms with Crippen LogP contribution in [-0.2, 0) is 7.05 Å². The minimum absolute atomic E-state index is 0. The number of anilines is 5. The minimum atomic E-state index is -0.339. The SMILES string of the molecule is C.C[C@H](Nc1nccc2cccnc12)c1cc2cccc(-c3ccc(=O)n(C)c3)c2c(=O)n1-c1ccccc1.Cc1cccc(-n2c([C@H](C)Nc3nc(N)nc4cccnc34)cc3cccc(-c4ccnnc4)c3c2=O)c1.Cc1cccc(-n2c([C@H](C)Nc3nc(N)nc4cccnc34)cc3cccc(-c4cnc(C)nc4)c3c2=O)c1.